The number of carbonyl (C=O) groups excluding carboxylic acids is 1. The zero-order valence-corrected chi connectivity index (χ0v) is 20.1. The zero-order valence-electron chi connectivity index (χ0n) is 20.1. The van der Waals surface area contributed by atoms with Gasteiger partial charge in [0.2, 0.25) is 0 Å². The monoisotopic (exact) mass is 481 g/mol. The molecule has 0 aliphatic carbocycles. The normalized spacial score (nSPS) is 10.6. The summed E-state index contributed by atoms with van der Waals surface area (Å²) in [6.45, 7) is 4.35. The van der Waals surface area contributed by atoms with E-state index in [1.54, 1.807) is 30.3 Å². The molecule has 4 aromatic rings. The van der Waals surface area contributed by atoms with Crippen molar-refractivity contribution < 1.29 is 24.2 Å². The van der Waals surface area contributed by atoms with E-state index in [-0.39, 0.29) is 23.1 Å². The summed E-state index contributed by atoms with van der Waals surface area (Å²) >= 11 is 0. The molecule has 0 unspecified atom stereocenters. The number of ether oxygens (including phenoxy) is 2. The molecule has 2 N–H and O–H groups in total. The molecule has 4 rings (SSSR count). The summed E-state index contributed by atoms with van der Waals surface area (Å²) < 4.78 is 11.8. The number of amides is 1. The summed E-state index contributed by atoms with van der Waals surface area (Å²) in [6, 6.07) is 28.6. The van der Waals surface area contributed by atoms with Crippen molar-refractivity contribution >= 4 is 17.6 Å². The second-order valence-corrected chi connectivity index (χ2v) is 8.67. The number of hydrogen-bond acceptors (Lipinski definition) is 4. The van der Waals surface area contributed by atoms with Crippen LogP contribution in [0.25, 0.3) is 11.1 Å². The minimum Gasteiger partial charge on any atom is -0.492 e. The van der Waals surface area contributed by atoms with Crippen LogP contribution in [-0.4, -0.2) is 23.6 Å². The number of para-hydroxylation sites is 1. The Bertz CT molecular complexity index is 1350. The molecule has 0 spiro atoms. The van der Waals surface area contributed by atoms with E-state index >= 15 is 0 Å². The fourth-order valence-electron chi connectivity index (χ4n) is 3.63. The molecule has 4 aromatic carbocycles. The van der Waals surface area contributed by atoms with E-state index in [2.05, 4.69) is 5.32 Å². The predicted molar refractivity (Wildman–Crippen MR) is 140 cm³/mol. The lowest BCUT2D eigenvalue weighted by Gasteiger charge is -2.18. The number of carbonyl (C=O) groups is 2. The Labute approximate surface area is 210 Å². The van der Waals surface area contributed by atoms with E-state index in [1.807, 2.05) is 74.5 Å². The van der Waals surface area contributed by atoms with Gasteiger partial charge in [0, 0.05) is 16.8 Å². The van der Waals surface area contributed by atoms with Crippen LogP contribution >= 0.6 is 0 Å². The van der Waals surface area contributed by atoms with Gasteiger partial charge in [0.05, 0.1) is 6.61 Å². The molecule has 0 aliphatic heterocycles. The Morgan fingerprint density at radius 3 is 2.17 bits per heavy atom. The molecule has 0 aliphatic rings. The van der Waals surface area contributed by atoms with Crippen LogP contribution in [-0.2, 0) is 0 Å². The second kappa shape index (κ2) is 11.2. The first-order valence-electron chi connectivity index (χ1n) is 11.6. The van der Waals surface area contributed by atoms with Crippen molar-refractivity contribution in [1.29, 1.82) is 0 Å². The summed E-state index contributed by atoms with van der Waals surface area (Å²) in [4.78, 5) is 25.3. The van der Waals surface area contributed by atoms with Crippen molar-refractivity contribution in [1.82, 2.24) is 0 Å². The number of anilines is 1. The topological polar surface area (TPSA) is 84.9 Å². The first kappa shape index (κ1) is 24.5. The fraction of sp³-hybridized carbons (Fsp3) is 0.133. The van der Waals surface area contributed by atoms with E-state index in [1.165, 1.54) is 6.07 Å². The quantitative estimate of drug-likeness (QED) is 0.266. The van der Waals surface area contributed by atoms with Crippen molar-refractivity contribution in [3.8, 4) is 28.4 Å². The van der Waals surface area contributed by atoms with Crippen LogP contribution in [0.1, 0.15) is 34.6 Å². The number of aromatic carboxylic acids is 1. The molecule has 0 heterocycles. The molecule has 6 heteroatoms. The third-order valence-electron chi connectivity index (χ3n) is 5.30. The summed E-state index contributed by atoms with van der Waals surface area (Å²) in [5.41, 5.74) is 2.08. The maximum atomic E-state index is 13.1. The largest absolute Gasteiger partial charge is 0.492 e. The SMILES string of the molecule is CC(C)COc1c(C(=O)O)cc(NC(=O)c2cccc(Oc3ccccc3)c2)cc1-c1ccccc1. The minimum absolute atomic E-state index is 0.0199. The standard InChI is InChI=1S/C30H27NO5/c1-20(2)19-35-28-26(21-10-5-3-6-11-21)17-23(18-27(28)30(33)34)31-29(32)22-12-9-15-25(16-22)36-24-13-7-4-8-14-24/h3-18,20H,19H2,1-2H3,(H,31,32)(H,33,34). The van der Waals surface area contributed by atoms with Gasteiger partial charge in [0.25, 0.3) is 5.91 Å². The highest BCUT2D eigenvalue weighted by Crippen LogP contribution is 2.37. The van der Waals surface area contributed by atoms with Crippen molar-refractivity contribution in [3.63, 3.8) is 0 Å². The lowest BCUT2D eigenvalue weighted by Crippen LogP contribution is -2.14. The number of rotatable bonds is 9. The van der Waals surface area contributed by atoms with Gasteiger partial charge in [-0.3, -0.25) is 4.79 Å². The molecule has 0 radical (unpaired) electrons. The molecule has 0 fully saturated rings. The van der Waals surface area contributed by atoms with Gasteiger partial charge in [0.1, 0.15) is 22.8 Å². The molecule has 182 valence electrons. The second-order valence-electron chi connectivity index (χ2n) is 8.67. The highest BCUT2D eigenvalue weighted by Gasteiger charge is 2.21. The number of carboxylic acid groups (broad SMARTS) is 1. The summed E-state index contributed by atoms with van der Waals surface area (Å²) in [5.74, 6) is 0.131. The molecule has 0 bridgehead atoms. The lowest BCUT2D eigenvalue weighted by atomic mass is 9.99. The summed E-state index contributed by atoms with van der Waals surface area (Å²) in [7, 11) is 0. The van der Waals surface area contributed by atoms with Crippen LogP contribution in [0.4, 0.5) is 5.69 Å². The highest BCUT2D eigenvalue weighted by atomic mass is 16.5. The Kier molecular flexibility index (Phi) is 7.66. The van der Waals surface area contributed by atoms with E-state index < -0.39 is 5.97 Å². The van der Waals surface area contributed by atoms with Gasteiger partial charge in [0.15, 0.2) is 0 Å². The van der Waals surface area contributed by atoms with Gasteiger partial charge in [-0.25, -0.2) is 4.79 Å². The molecule has 36 heavy (non-hydrogen) atoms. The van der Waals surface area contributed by atoms with Crippen molar-refractivity contribution in [3.05, 3.63) is 108 Å². The average molecular weight is 482 g/mol. The number of benzene rings is 4. The number of nitrogens with one attached hydrogen (secondary N) is 1. The highest BCUT2D eigenvalue weighted by molar-refractivity contribution is 6.06. The fourth-order valence-corrected chi connectivity index (χ4v) is 3.63. The van der Waals surface area contributed by atoms with Gasteiger partial charge >= 0.3 is 5.97 Å². The van der Waals surface area contributed by atoms with Gasteiger partial charge in [-0.05, 0) is 53.9 Å². The zero-order chi connectivity index (χ0) is 25.5. The van der Waals surface area contributed by atoms with Crippen LogP contribution in [0.5, 0.6) is 17.2 Å². The van der Waals surface area contributed by atoms with E-state index in [9.17, 15) is 14.7 Å². The van der Waals surface area contributed by atoms with E-state index in [0.717, 1.165) is 5.56 Å². The smallest absolute Gasteiger partial charge is 0.339 e. The number of hydrogen-bond donors (Lipinski definition) is 2. The third-order valence-corrected chi connectivity index (χ3v) is 5.30. The van der Waals surface area contributed by atoms with Gasteiger partial charge in [-0.1, -0.05) is 68.4 Å². The minimum atomic E-state index is -1.14. The Morgan fingerprint density at radius 2 is 1.50 bits per heavy atom. The van der Waals surface area contributed by atoms with E-state index in [4.69, 9.17) is 9.47 Å². The first-order valence-corrected chi connectivity index (χ1v) is 11.6. The van der Waals surface area contributed by atoms with Gasteiger partial charge in [-0.15, -0.1) is 0 Å². The van der Waals surface area contributed by atoms with Gasteiger partial charge in [-0.2, -0.15) is 0 Å². The number of carboxylic acids is 1. The summed E-state index contributed by atoms with van der Waals surface area (Å²) in [6.07, 6.45) is 0. The van der Waals surface area contributed by atoms with Crippen LogP contribution < -0.4 is 14.8 Å². The Hall–Kier alpha value is -4.58. The Morgan fingerprint density at radius 1 is 0.833 bits per heavy atom. The maximum Gasteiger partial charge on any atom is 0.339 e. The third kappa shape index (κ3) is 6.10. The molecule has 0 atom stereocenters. The van der Waals surface area contributed by atoms with Gasteiger partial charge < -0.3 is 19.9 Å². The van der Waals surface area contributed by atoms with Crippen LogP contribution in [0.2, 0.25) is 0 Å². The molecule has 0 aromatic heterocycles. The molecule has 0 saturated carbocycles. The molecule has 1 amide bonds. The van der Waals surface area contributed by atoms with Crippen LogP contribution in [0.3, 0.4) is 0 Å². The van der Waals surface area contributed by atoms with E-state index in [0.29, 0.717) is 34.9 Å². The van der Waals surface area contributed by atoms with Crippen LogP contribution in [0, 0.1) is 5.92 Å². The first-order chi connectivity index (χ1) is 17.4. The van der Waals surface area contributed by atoms with Crippen molar-refractivity contribution in [2.45, 2.75) is 13.8 Å². The average Bonchev–Trinajstić information content (AvgIpc) is 2.88. The predicted octanol–water partition coefficient (Wildman–Crippen LogP) is 7.13. The van der Waals surface area contributed by atoms with Crippen LogP contribution in [0.15, 0.2) is 97.1 Å². The molecular formula is C30H27NO5. The van der Waals surface area contributed by atoms with Crippen molar-refractivity contribution in [2.75, 3.05) is 11.9 Å². The van der Waals surface area contributed by atoms with Crippen molar-refractivity contribution in [2.24, 2.45) is 5.92 Å². The molecule has 0 saturated heterocycles. The molecule has 6 nitrogen and oxygen atoms in total. The Balaban J connectivity index is 1.66. The summed E-state index contributed by atoms with van der Waals surface area (Å²) in [5, 5.41) is 12.8. The maximum absolute atomic E-state index is 13.1. The molecular weight excluding hydrogens is 454 g/mol. The lowest BCUT2D eigenvalue weighted by molar-refractivity contribution is 0.0691.